The van der Waals surface area contributed by atoms with E-state index in [-0.39, 0.29) is 5.91 Å². The third-order valence-electron chi connectivity index (χ3n) is 3.94. The second kappa shape index (κ2) is 7.96. The van der Waals surface area contributed by atoms with Gasteiger partial charge in [0, 0.05) is 39.3 Å². The molecule has 5 nitrogen and oxygen atoms in total. The fraction of sp³-hybridized carbons (Fsp3) is 0.933. The highest BCUT2D eigenvalue weighted by Crippen LogP contribution is 2.11. The molecule has 0 radical (unpaired) electrons. The maximum Gasteiger partial charge on any atom is 0.238 e. The first kappa shape index (κ1) is 17.4. The number of piperazine rings is 1. The van der Waals surface area contributed by atoms with Gasteiger partial charge in [-0.3, -0.25) is 9.69 Å². The number of hydrogen-bond acceptors (Lipinski definition) is 4. The Kier molecular flexibility index (Phi) is 6.92. The predicted molar refractivity (Wildman–Crippen MR) is 83.6 cm³/mol. The summed E-state index contributed by atoms with van der Waals surface area (Å²) in [5, 5.41) is 3.31. The number of carbonyl (C=O) groups excluding carboxylic acids is 1. The van der Waals surface area contributed by atoms with Gasteiger partial charge in [-0.25, -0.2) is 0 Å². The number of carbonyl (C=O) groups is 1. The number of primary amides is 1. The van der Waals surface area contributed by atoms with E-state index < -0.39 is 5.54 Å². The molecule has 1 amide bonds. The number of amides is 1. The Hall–Kier alpha value is -0.650. The van der Waals surface area contributed by atoms with E-state index in [1.807, 2.05) is 6.92 Å². The molecule has 1 aliphatic heterocycles. The summed E-state index contributed by atoms with van der Waals surface area (Å²) in [6.07, 6.45) is 1.00. The Morgan fingerprint density at radius 3 is 2.25 bits per heavy atom. The Bertz CT molecular complexity index is 300. The van der Waals surface area contributed by atoms with Crippen molar-refractivity contribution < 1.29 is 4.79 Å². The molecular weight excluding hydrogens is 252 g/mol. The lowest BCUT2D eigenvalue weighted by atomic mass is 10.00. The SMILES string of the molecule is CCCNC(C)(CN1CCN(CC(C)C)CC1)C(N)=O. The van der Waals surface area contributed by atoms with E-state index in [0.29, 0.717) is 12.5 Å². The summed E-state index contributed by atoms with van der Waals surface area (Å²) in [5.74, 6) is 0.458. The van der Waals surface area contributed by atoms with Crippen molar-refractivity contribution in [1.82, 2.24) is 15.1 Å². The highest BCUT2D eigenvalue weighted by molar-refractivity contribution is 5.84. The normalized spacial score (nSPS) is 21.1. The monoisotopic (exact) mass is 284 g/mol. The van der Waals surface area contributed by atoms with Crippen molar-refractivity contribution in [1.29, 1.82) is 0 Å². The Morgan fingerprint density at radius 1 is 1.25 bits per heavy atom. The van der Waals surface area contributed by atoms with Crippen molar-refractivity contribution in [3.63, 3.8) is 0 Å². The van der Waals surface area contributed by atoms with Gasteiger partial charge in [-0.1, -0.05) is 20.8 Å². The van der Waals surface area contributed by atoms with Crippen LogP contribution in [0.1, 0.15) is 34.1 Å². The van der Waals surface area contributed by atoms with Gasteiger partial charge in [-0.05, 0) is 25.8 Å². The highest BCUT2D eigenvalue weighted by Gasteiger charge is 2.33. The van der Waals surface area contributed by atoms with E-state index in [4.69, 9.17) is 5.73 Å². The Balaban J connectivity index is 2.45. The van der Waals surface area contributed by atoms with Crippen molar-refractivity contribution in [2.75, 3.05) is 45.8 Å². The summed E-state index contributed by atoms with van der Waals surface area (Å²) in [7, 11) is 0. The molecule has 1 atom stereocenters. The average molecular weight is 284 g/mol. The summed E-state index contributed by atoms with van der Waals surface area (Å²) in [6.45, 7) is 15.4. The van der Waals surface area contributed by atoms with E-state index >= 15 is 0 Å². The number of nitrogens with one attached hydrogen (secondary N) is 1. The van der Waals surface area contributed by atoms with Crippen LogP contribution in [0.2, 0.25) is 0 Å². The molecule has 5 heteroatoms. The molecule has 0 spiro atoms. The molecule has 3 N–H and O–H groups in total. The van der Waals surface area contributed by atoms with Gasteiger partial charge in [0.05, 0.1) is 0 Å². The van der Waals surface area contributed by atoms with Gasteiger partial charge in [-0.15, -0.1) is 0 Å². The van der Waals surface area contributed by atoms with Crippen LogP contribution in [0.3, 0.4) is 0 Å². The molecule has 1 heterocycles. The molecule has 1 saturated heterocycles. The van der Waals surface area contributed by atoms with Gasteiger partial charge in [0.1, 0.15) is 5.54 Å². The second-order valence-corrected chi connectivity index (χ2v) is 6.59. The van der Waals surface area contributed by atoms with Gasteiger partial charge in [-0.2, -0.15) is 0 Å². The molecule has 1 fully saturated rings. The number of nitrogens with zero attached hydrogens (tertiary/aromatic N) is 2. The predicted octanol–water partition coefficient (Wildman–Crippen LogP) is 0.504. The van der Waals surface area contributed by atoms with E-state index in [1.165, 1.54) is 0 Å². The van der Waals surface area contributed by atoms with Gasteiger partial charge in [0.2, 0.25) is 5.91 Å². The third-order valence-corrected chi connectivity index (χ3v) is 3.94. The van der Waals surface area contributed by atoms with Crippen molar-refractivity contribution >= 4 is 5.91 Å². The molecule has 0 aliphatic carbocycles. The summed E-state index contributed by atoms with van der Waals surface area (Å²) in [4.78, 5) is 16.6. The number of rotatable bonds is 8. The molecule has 0 aromatic rings. The van der Waals surface area contributed by atoms with Gasteiger partial charge in [0.25, 0.3) is 0 Å². The van der Waals surface area contributed by atoms with Crippen molar-refractivity contribution in [3.05, 3.63) is 0 Å². The summed E-state index contributed by atoms with van der Waals surface area (Å²) >= 11 is 0. The first-order valence-electron chi connectivity index (χ1n) is 7.87. The van der Waals surface area contributed by atoms with E-state index in [1.54, 1.807) is 0 Å². The largest absolute Gasteiger partial charge is 0.368 e. The molecule has 0 aromatic heterocycles. The van der Waals surface area contributed by atoms with E-state index in [2.05, 4.69) is 35.9 Å². The van der Waals surface area contributed by atoms with Crippen LogP contribution in [0.4, 0.5) is 0 Å². The molecule has 1 aliphatic rings. The van der Waals surface area contributed by atoms with Crippen LogP contribution in [0.5, 0.6) is 0 Å². The Labute approximate surface area is 123 Å². The first-order chi connectivity index (χ1) is 9.37. The molecule has 118 valence electrons. The fourth-order valence-electron chi connectivity index (χ4n) is 2.72. The van der Waals surface area contributed by atoms with Crippen LogP contribution >= 0.6 is 0 Å². The zero-order valence-corrected chi connectivity index (χ0v) is 13.6. The average Bonchev–Trinajstić information content (AvgIpc) is 2.38. The number of nitrogens with two attached hydrogens (primary N) is 1. The van der Waals surface area contributed by atoms with Crippen LogP contribution in [0.25, 0.3) is 0 Å². The van der Waals surface area contributed by atoms with Crippen LogP contribution in [-0.4, -0.2) is 67.1 Å². The van der Waals surface area contributed by atoms with Crippen molar-refractivity contribution in [2.24, 2.45) is 11.7 Å². The molecule has 1 unspecified atom stereocenters. The zero-order chi connectivity index (χ0) is 15.2. The smallest absolute Gasteiger partial charge is 0.238 e. The fourth-order valence-corrected chi connectivity index (χ4v) is 2.72. The van der Waals surface area contributed by atoms with Gasteiger partial charge >= 0.3 is 0 Å². The summed E-state index contributed by atoms with van der Waals surface area (Å²) in [6, 6.07) is 0. The lowest BCUT2D eigenvalue weighted by Crippen LogP contribution is -2.62. The third kappa shape index (κ3) is 5.38. The molecular formula is C15H32N4O. The summed E-state index contributed by atoms with van der Waals surface area (Å²) in [5.41, 5.74) is 4.97. The maximum absolute atomic E-state index is 11.7. The van der Waals surface area contributed by atoms with Crippen LogP contribution in [-0.2, 0) is 4.79 Å². The second-order valence-electron chi connectivity index (χ2n) is 6.59. The molecule has 0 aromatic carbocycles. The topological polar surface area (TPSA) is 61.6 Å². The van der Waals surface area contributed by atoms with Crippen LogP contribution < -0.4 is 11.1 Å². The lowest BCUT2D eigenvalue weighted by molar-refractivity contribution is -0.124. The minimum atomic E-state index is -0.615. The van der Waals surface area contributed by atoms with E-state index in [0.717, 1.165) is 45.7 Å². The molecule has 0 saturated carbocycles. The van der Waals surface area contributed by atoms with Gasteiger partial charge in [0.15, 0.2) is 0 Å². The van der Waals surface area contributed by atoms with Crippen LogP contribution in [0.15, 0.2) is 0 Å². The van der Waals surface area contributed by atoms with E-state index in [9.17, 15) is 4.79 Å². The van der Waals surface area contributed by atoms with Crippen molar-refractivity contribution in [2.45, 2.75) is 39.7 Å². The molecule has 20 heavy (non-hydrogen) atoms. The van der Waals surface area contributed by atoms with Crippen molar-refractivity contribution in [3.8, 4) is 0 Å². The lowest BCUT2D eigenvalue weighted by Gasteiger charge is -2.39. The number of hydrogen-bond donors (Lipinski definition) is 2. The summed E-state index contributed by atoms with van der Waals surface area (Å²) < 4.78 is 0. The minimum Gasteiger partial charge on any atom is -0.368 e. The molecule has 0 bridgehead atoms. The Morgan fingerprint density at radius 2 is 1.80 bits per heavy atom. The maximum atomic E-state index is 11.7. The van der Waals surface area contributed by atoms with Gasteiger partial charge < -0.3 is 16.0 Å². The quantitative estimate of drug-likeness (QED) is 0.681. The molecule has 1 rings (SSSR count). The van der Waals surface area contributed by atoms with Crippen LogP contribution in [0, 0.1) is 5.92 Å². The minimum absolute atomic E-state index is 0.254. The highest BCUT2D eigenvalue weighted by atomic mass is 16.1. The first-order valence-corrected chi connectivity index (χ1v) is 7.87. The zero-order valence-electron chi connectivity index (χ0n) is 13.6. The standard InChI is InChI=1S/C15H32N4O/c1-5-6-17-15(4,14(16)20)12-19-9-7-18(8-10-19)11-13(2)3/h13,17H,5-12H2,1-4H3,(H2,16,20).